The minimum absolute atomic E-state index is 0.103. The summed E-state index contributed by atoms with van der Waals surface area (Å²) in [4.78, 5) is 11.7. The van der Waals surface area contributed by atoms with Crippen LogP contribution in [0.1, 0.15) is 25.3 Å². The molecule has 1 rings (SSSR count). The zero-order chi connectivity index (χ0) is 12.7. The maximum absolute atomic E-state index is 13.3. The van der Waals surface area contributed by atoms with Gasteiger partial charge in [0.1, 0.15) is 5.82 Å². The van der Waals surface area contributed by atoms with E-state index in [1.54, 1.807) is 18.2 Å². The molecule has 1 N–H and O–H groups in total. The van der Waals surface area contributed by atoms with Gasteiger partial charge in [0, 0.05) is 11.4 Å². The molecule has 0 heterocycles. The Balaban J connectivity index is 2.52. The molecule has 0 saturated heterocycles. The van der Waals surface area contributed by atoms with E-state index in [9.17, 15) is 9.18 Å². The van der Waals surface area contributed by atoms with Crippen molar-refractivity contribution in [1.82, 2.24) is 5.32 Å². The molecule has 1 unspecified atom stereocenters. The maximum Gasteiger partial charge on any atom is 0.224 e. The normalized spacial score (nSPS) is 12.2. The van der Waals surface area contributed by atoms with Crippen LogP contribution in [0.5, 0.6) is 0 Å². The Bertz CT molecular complexity index is 370. The molecule has 0 aliphatic heterocycles. The fraction of sp³-hybridized carbons (Fsp3) is 0.462. The number of carbonyl (C=O) groups excluding carboxylic acids is 1. The molecule has 0 radical (unpaired) electrons. The fourth-order valence-electron chi connectivity index (χ4n) is 1.60. The second-order valence-electron chi connectivity index (χ2n) is 3.92. The lowest BCUT2D eigenvalue weighted by atomic mass is 10.1. The van der Waals surface area contributed by atoms with Crippen molar-refractivity contribution in [3.05, 3.63) is 35.6 Å². The summed E-state index contributed by atoms with van der Waals surface area (Å²) in [6.07, 6.45) is 1.87. The number of nitrogens with one attached hydrogen (secondary N) is 1. The van der Waals surface area contributed by atoms with Crippen LogP contribution < -0.4 is 5.32 Å². The summed E-state index contributed by atoms with van der Waals surface area (Å²) in [5.74, 6) is -0.445. The molecular formula is C13H17BrFNO. The second kappa shape index (κ2) is 7.43. The molecule has 1 amide bonds. The number of amides is 1. The minimum atomic E-state index is -0.323. The molecule has 0 aliphatic carbocycles. The number of benzene rings is 1. The first-order chi connectivity index (χ1) is 8.17. The van der Waals surface area contributed by atoms with E-state index in [2.05, 4.69) is 21.2 Å². The number of hydrogen-bond acceptors (Lipinski definition) is 1. The highest BCUT2D eigenvalue weighted by Crippen LogP contribution is 2.08. The lowest BCUT2D eigenvalue weighted by molar-refractivity contribution is -0.121. The lowest BCUT2D eigenvalue weighted by Gasteiger charge is -2.15. The molecule has 0 aliphatic rings. The molecule has 4 heteroatoms. The SMILES string of the molecule is CCC(CCBr)NC(=O)Cc1ccccc1F. The Kier molecular flexibility index (Phi) is 6.19. The van der Waals surface area contributed by atoms with Crippen LogP contribution in [0, 0.1) is 5.82 Å². The van der Waals surface area contributed by atoms with Crippen LogP contribution in [0.25, 0.3) is 0 Å². The van der Waals surface area contributed by atoms with Crippen molar-refractivity contribution in [1.29, 1.82) is 0 Å². The van der Waals surface area contributed by atoms with Crippen molar-refractivity contribution in [3.8, 4) is 0 Å². The third-order valence-electron chi connectivity index (χ3n) is 2.62. The van der Waals surface area contributed by atoms with Gasteiger partial charge in [-0.3, -0.25) is 4.79 Å². The Labute approximate surface area is 110 Å². The van der Waals surface area contributed by atoms with Gasteiger partial charge >= 0.3 is 0 Å². The van der Waals surface area contributed by atoms with E-state index in [4.69, 9.17) is 0 Å². The summed E-state index contributed by atoms with van der Waals surface area (Å²) in [5.41, 5.74) is 0.443. The molecular weight excluding hydrogens is 285 g/mol. The molecule has 94 valence electrons. The van der Waals surface area contributed by atoms with E-state index in [0.717, 1.165) is 18.2 Å². The van der Waals surface area contributed by atoms with E-state index >= 15 is 0 Å². The molecule has 1 aromatic carbocycles. The smallest absolute Gasteiger partial charge is 0.224 e. The highest BCUT2D eigenvalue weighted by Gasteiger charge is 2.11. The van der Waals surface area contributed by atoms with Gasteiger partial charge in [0.15, 0.2) is 0 Å². The van der Waals surface area contributed by atoms with Gasteiger partial charge in [-0.1, -0.05) is 41.1 Å². The highest BCUT2D eigenvalue weighted by molar-refractivity contribution is 9.09. The summed E-state index contributed by atoms with van der Waals surface area (Å²) in [6, 6.07) is 6.53. The number of carbonyl (C=O) groups is 1. The maximum atomic E-state index is 13.3. The minimum Gasteiger partial charge on any atom is -0.353 e. The largest absolute Gasteiger partial charge is 0.353 e. The molecule has 1 aromatic rings. The van der Waals surface area contributed by atoms with Gasteiger partial charge in [-0.15, -0.1) is 0 Å². The van der Waals surface area contributed by atoms with Gasteiger partial charge in [-0.25, -0.2) is 4.39 Å². The van der Waals surface area contributed by atoms with Crippen LogP contribution in [-0.4, -0.2) is 17.3 Å². The topological polar surface area (TPSA) is 29.1 Å². The van der Waals surface area contributed by atoms with Crippen LogP contribution in [0.2, 0.25) is 0 Å². The summed E-state index contributed by atoms with van der Waals surface area (Å²) in [5, 5.41) is 3.76. The molecule has 0 saturated carbocycles. The average Bonchev–Trinajstić information content (AvgIpc) is 2.31. The Morgan fingerprint density at radius 1 is 1.47 bits per heavy atom. The number of hydrogen-bond donors (Lipinski definition) is 1. The van der Waals surface area contributed by atoms with Crippen LogP contribution in [0.15, 0.2) is 24.3 Å². The molecule has 17 heavy (non-hydrogen) atoms. The van der Waals surface area contributed by atoms with Crippen LogP contribution in [0.3, 0.4) is 0 Å². The monoisotopic (exact) mass is 301 g/mol. The average molecular weight is 302 g/mol. The van der Waals surface area contributed by atoms with E-state index in [1.807, 2.05) is 6.92 Å². The van der Waals surface area contributed by atoms with Gasteiger partial charge in [0.2, 0.25) is 5.91 Å². The molecule has 0 bridgehead atoms. The molecule has 0 spiro atoms. The van der Waals surface area contributed by atoms with Gasteiger partial charge in [-0.2, -0.15) is 0 Å². The van der Waals surface area contributed by atoms with Gasteiger partial charge in [0.25, 0.3) is 0 Å². The summed E-state index contributed by atoms with van der Waals surface area (Å²) < 4.78 is 13.3. The standard InChI is InChI=1S/C13H17BrFNO/c1-2-11(7-8-14)16-13(17)9-10-5-3-4-6-12(10)15/h3-6,11H,2,7-9H2,1H3,(H,16,17). The van der Waals surface area contributed by atoms with Gasteiger partial charge in [0.05, 0.1) is 6.42 Å². The molecule has 2 nitrogen and oxygen atoms in total. The van der Waals surface area contributed by atoms with Crippen molar-refractivity contribution in [2.45, 2.75) is 32.2 Å². The highest BCUT2D eigenvalue weighted by atomic mass is 79.9. The fourth-order valence-corrected chi connectivity index (χ4v) is 2.16. The molecule has 0 aromatic heterocycles. The third-order valence-corrected chi connectivity index (χ3v) is 3.08. The number of rotatable bonds is 6. The van der Waals surface area contributed by atoms with Gasteiger partial charge < -0.3 is 5.32 Å². The lowest BCUT2D eigenvalue weighted by Crippen LogP contribution is -2.35. The molecule has 0 fully saturated rings. The Morgan fingerprint density at radius 2 is 2.18 bits per heavy atom. The first-order valence-corrected chi connectivity index (χ1v) is 6.88. The van der Waals surface area contributed by atoms with Crippen molar-refractivity contribution in [3.63, 3.8) is 0 Å². The van der Waals surface area contributed by atoms with Crippen LogP contribution in [0.4, 0.5) is 4.39 Å². The predicted octanol–water partition coefficient (Wildman–Crippen LogP) is 3.05. The summed E-state index contributed by atoms with van der Waals surface area (Å²) in [7, 11) is 0. The Morgan fingerprint density at radius 3 is 2.76 bits per heavy atom. The van der Waals surface area contributed by atoms with E-state index in [-0.39, 0.29) is 24.2 Å². The number of alkyl halides is 1. The Hall–Kier alpha value is -0.900. The summed E-state index contributed by atoms with van der Waals surface area (Å²) in [6.45, 7) is 2.02. The van der Waals surface area contributed by atoms with Crippen molar-refractivity contribution < 1.29 is 9.18 Å². The van der Waals surface area contributed by atoms with Crippen molar-refractivity contribution in [2.24, 2.45) is 0 Å². The first kappa shape index (κ1) is 14.2. The zero-order valence-corrected chi connectivity index (χ0v) is 11.5. The first-order valence-electron chi connectivity index (χ1n) is 5.76. The predicted molar refractivity (Wildman–Crippen MR) is 70.7 cm³/mol. The van der Waals surface area contributed by atoms with Crippen molar-refractivity contribution >= 4 is 21.8 Å². The summed E-state index contributed by atoms with van der Waals surface area (Å²) >= 11 is 3.35. The zero-order valence-electron chi connectivity index (χ0n) is 9.88. The van der Waals surface area contributed by atoms with Crippen LogP contribution in [-0.2, 0) is 11.2 Å². The van der Waals surface area contributed by atoms with Gasteiger partial charge in [-0.05, 0) is 24.5 Å². The van der Waals surface area contributed by atoms with E-state index in [0.29, 0.717) is 5.56 Å². The quantitative estimate of drug-likeness (QED) is 0.804. The third kappa shape index (κ3) is 4.86. The van der Waals surface area contributed by atoms with E-state index < -0.39 is 0 Å². The second-order valence-corrected chi connectivity index (χ2v) is 4.71. The van der Waals surface area contributed by atoms with E-state index in [1.165, 1.54) is 6.07 Å². The number of halogens is 2. The van der Waals surface area contributed by atoms with Crippen molar-refractivity contribution in [2.75, 3.05) is 5.33 Å². The molecule has 1 atom stereocenters. The van der Waals surface area contributed by atoms with Crippen LogP contribution >= 0.6 is 15.9 Å².